The van der Waals surface area contributed by atoms with Crippen molar-refractivity contribution >= 4 is 15.1 Å². The molecule has 0 unspecified atom stereocenters. The Bertz CT molecular complexity index is 186. The first-order chi connectivity index (χ1) is 7.24. The highest BCUT2D eigenvalue weighted by Gasteiger charge is 2.11. The standard InChI is InChI=1S/C11H22O3Si/c1-4-8-11(12)9-7-10-15(13-5-2)14-6-3/h4,8,15H,5-7,9-10H2,1-3H3. The van der Waals surface area contributed by atoms with Crippen LogP contribution in [-0.4, -0.2) is 28.3 Å². The lowest BCUT2D eigenvalue weighted by Crippen LogP contribution is -2.22. The minimum Gasteiger partial charge on any atom is -0.397 e. The maximum Gasteiger partial charge on any atom is 0.321 e. The van der Waals surface area contributed by atoms with Gasteiger partial charge in [-0.15, -0.1) is 0 Å². The van der Waals surface area contributed by atoms with Crippen LogP contribution < -0.4 is 0 Å². The van der Waals surface area contributed by atoms with Crippen molar-refractivity contribution in [3.8, 4) is 0 Å². The van der Waals surface area contributed by atoms with Crippen molar-refractivity contribution < 1.29 is 13.6 Å². The summed E-state index contributed by atoms with van der Waals surface area (Å²) in [5.41, 5.74) is 0. The molecule has 0 aliphatic heterocycles. The van der Waals surface area contributed by atoms with E-state index in [0.717, 1.165) is 12.5 Å². The number of allylic oxidation sites excluding steroid dienone is 2. The second kappa shape index (κ2) is 10.1. The molecule has 0 N–H and O–H groups in total. The van der Waals surface area contributed by atoms with Crippen LogP contribution in [0, 0.1) is 0 Å². The SMILES string of the molecule is CC=CC(=O)CCC[SiH](OCC)OCC. The molecule has 0 radical (unpaired) electrons. The predicted molar refractivity (Wildman–Crippen MR) is 64.3 cm³/mol. The van der Waals surface area contributed by atoms with Crippen LogP contribution in [0.5, 0.6) is 0 Å². The van der Waals surface area contributed by atoms with Gasteiger partial charge < -0.3 is 8.85 Å². The van der Waals surface area contributed by atoms with Gasteiger partial charge in [0.05, 0.1) is 0 Å². The van der Waals surface area contributed by atoms with Crippen LogP contribution in [-0.2, 0) is 13.6 Å². The van der Waals surface area contributed by atoms with Crippen LogP contribution in [0.15, 0.2) is 12.2 Å². The molecule has 0 aliphatic carbocycles. The summed E-state index contributed by atoms with van der Waals surface area (Å²) in [6.45, 7) is 7.23. The Labute approximate surface area is 94.3 Å². The second-order valence-corrected chi connectivity index (χ2v) is 5.30. The molecular weight excluding hydrogens is 208 g/mol. The van der Waals surface area contributed by atoms with Crippen LogP contribution in [0.1, 0.15) is 33.6 Å². The molecule has 0 fully saturated rings. The van der Waals surface area contributed by atoms with Gasteiger partial charge in [-0.1, -0.05) is 6.08 Å². The van der Waals surface area contributed by atoms with Gasteiger partial charge in [-0.05, 0) is 39.3 Å². The molecule has 0 rings (SSSR count). The number of ketones is 1. The van der Waals surface area contributed by atoms with Crippen molar-refractivity contribution in [2.75, 3.05) is 13.2 Å². The van der Waals surface area contributed by atoms with E-state index < -0.39 is 9.28 Å². The van der Waals surface area contributed by atoms with Gasteiger partial charge in [-0.25, -0.2) is 0 Å². The lowest BCUT2D eigenvalue weighted by Gasteiger charge is -2.13. The number of hydrogen-bond donors (Lipinski definition) is 0. The van der Waals surface area contributed by atoms with Crippen molar-refractivity contribution in [2.45, 2.75) is 39.7 Å². The molecular formula is C11H22O3Si. The van der Waals surface area contributed by atoms with E-state index in [1.165, 1.54) is 0 Å². The number of rotatable bonds is 9. The van der Waals surface area contributed by atoms with Crippen LogP contribution in [0.4, 0.5) is 0 Å². The van der Waals surface area contributed by atoms with Gasteiger partial charge in [0.1, 0.15) is 0 Å². The lowest BCUT2D eigenvalue weighted by atomic mass is 10.2. The summed E-state index contributed by atoms with van der Waals surface area (Å²) >= 11 is 0. The molecule has 0 aromatic carbocycles. The third-order valence-electron chi connectivity index (χ3n) is 1.92. The van der Waals surface area contributed by atoms with Crippen molar-refractivity contribution in [3.05, 3.63) is 12.2 Å². The smallest absolute Gasteiger partial charge is 0.321 e. The summed E-state index contributed by atoms with van der Waals surface area (Å²) in [5.74, 6) is 0.193. The number of hydrogen-bond acceptors (Lipinski definition) is 3. The van der Waals surface area contributed by atoms with E-state index >= 15 is 0 Å². The normalized spacial score (nSPS) is 11.5. The minimum atomic E-state index is -1.49. The highest BCUT2D eigenvalue weighted by Crippen LogP contribution is 2.05. The predicted octanol–water partition coefficient (Wildman–Crippen LogP) is 2.21. The monoisotopic (exact) mass is 230 g/mol. The third kappa shape index (κ3) is 8.54. The molecule has 4 heteroatoms. The van der Waals surface area contributed by atoms with Crippen molar-refractivity contribution in [1.29, 1.82) is 0 Å². The van der Waals surface area contributed by atoms with E-state index in [1.54, 1.807) is 12.2 Å². The van der Waals surface area contributed by atoms with E-state index in [0.29, 0.717) is 19.6 Å². The summed E-state index contributed by atoms with van der Waals surface area (Å²) in [5, 5.41) is 0. The molecule has 0 saturated carbocycles. The average Bonchev–Trinajstić information content (AvgIpc) is 2.19. The van der Waals surface area contributed by atoms with Gasteiger partial charge in [0.15, 0.2) is 5.78 Å². The molecule has 3 nitrogen and oxygen atoms in total. The second-order valence-electron chi connectivity index (χ2n) is 3.20. The molecule has 0 saturated heterocycles. The first kappa shape index (κ1) is 14.5. The first-order valence-electron chi connectivity index (χ1n) is 5.63. The Morgan fingerprint density at radius 2 is 1.87 bits per heavy atom. The highest BCUT2D eigenvalue weighted by molar-refractivity contribution is 6.44. The zero-order chi connectivity index (χ0) is 11.5. The molecule has 88 valence electrons. The largest absolute Gasteiger partial charge is 0.397 e. The third-order valence-corrected chi connectivity index (χ3v) is 4.21. The molecule has 0 heterocycles. The molecule has 0 aliphatic rings. The Hall–Kier alpha value is -0.453. The van der Waals surface area contributed by atoms with E-state index in [4.69, 9.17) is 8.85 Å². The minimum absolute atomic E-state index is 0.193. The van der Waals surface area contributed by atoms with E-state index in [-0.39, 0.29) is 5.78 Å². The first-order valence-corrected chi connectivity index (χ1v) is 7.39. The summed E-state index contributed by atoms with van der Waals surface area (Å²) in [6, 6.07) is 0.922. The molecule has 0 amide bonds. The summed E-state index contributed by atoms with van der Waals surface area (Å²) < 4.78 is 11.0. The van der Waals surface area contributed by atoms with Crippen LogP contribution >= 0.6 is 0 Å². The van der Waals surface area contributed by atoms with Crippen molar-refractivity contribution in [2.24, 2.45) is 0 Å². The highest BCUT2D eigenvalue weighted by atomic mass is 28.3. The summed E-state index contributed by atoms with van der Waals surface area (Å²) in [6.07, 6.45) is 4.88. The Morgan fingerprint density at radius 1 is 1.27 bits per heavy atom. The van der Waals surface area contributed by atoms with E-state index in [9.17, 15) is 4.79 Å². The zero-order valence-corrected chi connectivity index (χ0v) is 11.1. The van der Waals surface area contributed by atoms with Crippen LogP contribution in [0.3, 0.4) is 0 Å². The van der Waals surface area contributed by atoms with Crippen molar-refractivity contribution in [3.63, 3.8) is 0 Å². The van der Waals surface area contributed by atoms with Gasteiger partial charge in [-0.3, -0.25) is 4.79 Å². The van der Waals surface area contributed by atoms with E-state index in [2.05, 4.69) is 0 Å². The maximum atomic E-state index is 11.2. The molecule has 0 aromatic rings. The zero-order valence-electron chi connectivity index (χ0n) is 9.99. The number of carbonyl (C=O) groups is 1. The van der Waals surface area contributed by atoms with Gasteiger partial charge in [0.25, 0.3) is 0 Å². The molecule has 15 heavy (non-hydrogen) atoms. The fourth-order valence-corrected chi connectivity index (χ4v) is 3.01. The quantitative estimate of drug-likeness (QED) is 0.450. The van der Waals surface area contributed by atoms with Gasteiger partial charge >= 0.3 is 9.28 Å². The maximum absolute atomic E-state index is 11.2. The molecule has 0 spiro atoms. The van der Waals surface area contributed by atoms with Crippen molar-refractivity contribution in [1.82, 2.24) is 0 Å². The average molecular weight is 230 g/mol. The summed E-state index contributed by atoms with van der Waals surface area (Å²) in [4.78, 5) is 11.2. The lowest BCUT2D eigenvalue weighted by molar-refractivity contribution is -0.114. The fourth-order valence-electron chi connectivity index (χ4n) is 1.30. The topological polar surface area (TPSA) is 35.5 Å². The Morgan fingerprint density at radius 3 is 2.33 bits per heavy atom. The van der Waals surface area contributed by atoms with Gasteiger partial charge in [0, 0.05) is 19.6 Å². The molecule has 0 aromatic heterocycles. The van der Waals surface area contributed by atoms with Gasteiger partial charge in [0.2, 0.25) is 0 Å². The molecule has 0 atom stereocenters. The Balaban J connectivity index is 3.64. The van der Waals surface area contributed by atoms with Gasteiger partial charge in [-0.2, -0.15) is 0 Å². The van der Waals surface area contributed by atoms with Crippen LogP contribution in [0.25, 0.3) is 0 Å². The van der Waals surface area contributed by atoms with Crippen LogP contribution in [0.2, 0.25) is 6.04 Å². The van der Waals surface area contributed by atoms with E-state index in [1.807, 2.05) is 20.8 Å². The number of carbonyl (C=O) groups excluding carboxylic acids is 1. The Kier molecular flexibility index (Phi) is 9.77. The summed E-state index contributed by atoms with van der Waals surface area (Å²) in [7, 11) is -1.49. The fraction of sp³-hybridized carbons (Fsp3) is 0.727. The molecule has 0 bridgehead atoms.